The minimum absolute atomic E-state index is 0.0249. The van der Waals surface area contributed by atoms with Gasteiger partial charge in [0, 0.05) is 116 Å². The van der Waals surface area contributed by atoms with Gasteiger partial charge in [-0.25, -0.2) is 8.78 Å². The van der Waals surface area contributed by atoms with Crippen LogP contribution in [-0.4, -0.2) is 153 Å². The molecule has 4 saturated carbocycles. The lowest BCUT2D eigenvalue weighted by Gasteiger charge is -2.14. The number of aryl methyl sites for hydroxylation is 1. The van der Waals surface area contributed by atoms with E-state index in [9.17, 15) is 57.4 Å². The average Bonchev–Trinajstić information content (AvgIpc) is 1.60. The first-order valence-corrected chi connectivity index (χ1v) is 44.4. The number of ether oxygens (including phenoxy) is 13. The fourth-order valence-electron chi connectivity index (χ4n) is 16.3. The molecule has 3 N–H and O–H groups in total. The molecule has 18 rings (SSSR count). The third-order valence-electron chi connectivity index (χ3n) is 25.0. The number of hydrogen-bond acceptors (Lipinski definition) is 27. The maximum absolute atomic E-state index is 13.6. The second-order valence-electron chi connectivity index (χ2n) is 33.7. The third-order valence-corrected chi connectivity index (χ3v) is 25.0. The van der Waals surface area contributed by atoms with Crippen molar-refractivity contribution in [2.24, 2.45) is 21.7 Å². The van der Waals surface area contributed by atoms with Gasteiger partial charge in [0.1, 0.15) is 62.6 Å². The molecule has 0 atom stereocenters. The molecule has 0 radical (unpaired) electrons. The minimum Gasteiger partial charge on any atom is -0.505 e. The number of ketones is 6. The molecular formula is C109H102F2N4O24. The normalized spacial score (nSPS) is 13.7. The van der Waals surface area contributed by atoms with Gasteiger partial charge in [-0.3, -0.25) is 58.3 Å². The van der Waals surface area contributed by atoms with Gasteiger partial charge in [-0.2, -0.15) is 0 Å². The van der Waals surface area contributed by atoms with Gasteiger partial charge >= 0.3 is 11.9 Å². The molecule has 0 saturated heterocycles. The van der Waals surface area contributed by atoms with Gasteiger partial charge in [0.15, 0.2) is 92.3 Å². The predicted molar refractivity (Wildman–Crippen MR) is 511 cm³/mol. The summed E-state index contributed by atoms with van der Waals surface area (Å²) in [5.74, 6) is 5.57. The Labute approximate surface area is 799 Å². The highest BCUT2D eigenvalue weighted by molar-refractivity contribution is 6.12. The van der Waals surface area contributed by atoms with Crippen molar-refractivity contribution < 1.29 is 124 Å². The highest BCUT2D eigenvalue weighted by Gasteiger charge is 2.58. The highest BCUT2D eigenvalue weighted by atomic mass is 19.1. The van der Waals surface area contributed by atoms with Gasteiger partial charge in [0.2, 0.25) is 0 Å². The van der Waals surface area contributed by atoms with Crippen LogP contribution in [0.1, 0.15) is 90.3 Å². The summed E-state index contributed by atoms with van der Waals surface area (Å²) in [6, 6.07) is 58.7. The monoisotopic (exact) mass is 1890 g/mol. The maximum atomic E-state index is 13.6. The second-order valence-corrected chi connectivity index (χ2v) is 33.7. The smallest absolute Gasteiger partial charge is 0.319 e. The van der Waals surface area contributed by atoms with Crippen LogP contribution in [0.15, 0.2) is 231 Å². The summed E-state index contributed by atoms with van der Waals surface area (Å²) in [6.07, 6.45) is 11.4. The van der Waals surface area contributed by atoms with E-state index in [1.807, 2.05) is 48.5 Å². The van der Waals surface area contributed by atoms with Crippen LogP contribution >= 0.6 is 0 Å². The van der Waals surface area contributed by atoms with Crippen LogP contribution in [0, 0.1) is 40.2 Å². The topological polar surface area (TPSA) is 369 Å². The molecule has 0 unspecified atom stereocenters. The Hall–Kier alpha value is -16.0. The van der Waals surface area contributed by atoms with Crippen molar-refractivity contribution in [3.8, 4) is 97.7 Å². The van der Waals surface area contributed by atoms with E-state index in [4.69, 9.17) is 66.7 Å². The fraction of sp³-hybridized carbons (Fsp3) is 0.266. The lowest BCUT2D eigenvalue weighted by Crippen LogP contribution is -2.28. The quantitative estimate of drug-likeness (QED) is 0.0242. The van der Waals surface area contributed by atoms with Crippen LogP contribution in [0.5, 0.6) is 97.7 Å². The average molecular weight is 1890 g/mol. The van der Waals surface area contributed by atoms with Crippen molar-refractivity contribution in [3.63, 3.8) is 0 Å². The summed E-state index contributed by atoms with van der Waals surface area (Å²) in [7, 11) is 14.9. The molecule has 4 aliphatic rings. The van der Waals surface area contributed by atoms with Crippen LogP contribution in [-0.2, 0) is 81.6 Å². The van der Waals surface area contributed by atoms with E-state index in [0.717, 1.165) is 68.1 Å². The first-order valence-electron chi connectivity index (χ1n) is 44.4. The number of aliphatic hydroxyl groups is 1. The molecular weight excluding hydrogens is 1790 g/mol. The molecule has 4 heterocycles. The number of carbonyl (C=O) groups is 8. The summed E-state index contributed by atoms with van der Waals surface area (Å²) >= 11 is 0. The van der Waals surface area contributed by atoms with E-state index in [1.165, 1.54) is 25.3 Å². The number of aromatic nitrogens is 4. The summed E-state index contributed by atoms with van der Waals surface area (Å²) < 4.78 is 98.9. The van der Waals surface area contributed by atoms with Crippen LogP contribution < -0.4 is 56.8 Å². The molecule has 0 bridgehead atoms. The van der Waals surface area contributed by atoms with Gasteiger partial charge < -0.3 is 76.9 Å². The predicted octanol–water partition coefficient (Wildman–Crippen LogP) is 19.5. The number of carbonyl (C=O) groups excluding carboxylic acids is 7. The molecule has 28 nitrogen and oxygen atoms in total. The molecule has 0 spiro atoms. The molecule has 139 heavy (non-hydrogen) atoms. The number of Topliss-reactive ketones (excluding diaryl/α,β-unsaturated/α-hetero) is 6. The molecule has 0 aliphatic heterocycles. The minimum atomic E-state index is -1.18. The Morgan fingerprint density at radius 2 is 0.518 bits per heavy atom. The number of pyridine rings is 4. The number of hydrogen-bond donors (Lipinski definition) is 3. The van der Waals surface area contributed by atoms with E-state index >= 15 is 0 Å². The highest BCUT2D eigenvalue weighted by Crippen LogP contribution is 2.53. The Bertz CT molecular complexity index is 6730. The number of methoxy groups -OCH3 is 9. The molecule has 10 aromatic carbocycles. The third kappa shape index (κ3) is 22.4. The van der Waals surface area contributed by atoms with Gasteiger partial charge in [0.25, 0.3) is 0 Å². The fourth-order valence-corrected chi connectivity index (χ4v) is 16.3. The summed E-state index contributed by atoms with van der Waals surface area (Å²) in [5, 5.41) is 28.9. The summed E-state index contributed by atoms with van der Waals surface area (Å²) in [6.45, 7) is 1.67. The van der Waals surface area contributed by atoms with Crippen molar-refractivity contribution in [1.29, 1.82) is 0 Å². The van der Waals surface area contributed by atoms with E-state index in [2.05, 4.69) is 19.9 Å². The van der Waals surface area contributed by atoms with E-state index in [-0.39, 0.29) is 79.0 Å². The van der Waals surface area contributed by atoms with Crippen LogP contribution in [0.3, 0.4) is 0 Å². The van der Waals surface area contributed by atoms with Gasteiger partial charge in [-0.05, 0) is 212 Å². The number of carboxylic acids is 1. The van der Waals surface area contributed by atoms with Gasteiger partial charge in [-0.1, -0.05) is 66.7 Å². The zero-order valence-electron chi connectivity index (χ0n) is 78.3. The number of nitrogens with zero attached hydrogens (tertiary/aromatic N) is 4. The number of halogens is 2. The SMILES string of the molecule is CO.COC(=O)C1(C(=O)Cc2ccc(Oc3ccnc4cc(OC)c(OC)cc34)cc2)CC1.COc1cc2nccc(Oc3ccc(CC(=O)C4(C(=O)Cc5ccc(F)c(C)c5)CC4)cc3)c2cc1OC.COc1cc2nccc(Oc3ccc(CC(=O)C4(C(=O)Cc5ccc(F)c(O)c5)CC4)cc3)c2cc1OC.COc1cc2nccc(Oc3ccc(CC(=O)C4(C(=O)O)CC4)cc3)c2cc1OC. The van der Waals surface area contributed by atoms with E-state index in [1.54, 1.807) is 222 Å². The van der Waals surface area contributed by atoms with Gasteiger partial charge in [0.05, 0.1) is 96.9 Å². The molecule has 14 aromatic rings. The summed E-state index contributed by atoms with van der Waals surface area (Å²) in [5.41, 5.74) is 3.63. The molecule has 4 aliphatic carbocycles. The van der Waals surface area contributed by atoms with Crippen molar-refractivity contribution >= 4 is 90.2 Å². The number of esters is 1. The number of phenolic OH excluding ortho intramolecular Hbond substituents is 1. The van der Waals surface area contributed by atoms with Crippen molar-refractivity contribution in [1.82, 2.24) is 19.9 Å². The first kappa shape index (κ1) is 99.0. The number of benzene rings is 10. The zero-order valence-corrected chi connectivity index (χ0v) is 78.3. The number of aliphatic carboxylic acids is 1. The molecule has 4 fully saturated rings. The lowest BCUT2D eigenvalue weighted by atomic mass is 9.87. The zero-order chi connectivity index (χ0) is 99.0. The Morgan fingerprint density at radius 3 is 0.755 bits per heavy atom. The van der Waals surface area contributed by atoms with E-state index in [0.29, 0.717) is 171 Å². The standard InChI is InChI=1S/C31H28FNO5.C30H26FNO6.C24H23NO6.C23H21NO6.CH4O/c1-19-14-21(6-9-24(19)32)16-30(35)31(11-12-31)29(34)15-20-4-7-22(8-5-20)38-26-10-13-33-25-18-28(37-3)27(36-2)17-23(25)26;1-36-26-16-21-23(17-27(26)37-2)32-12-9-25(21)38-20-6-3-18(4-7-20)14-28(34)30(10-11-30)29(35)15-19-5-8-22(31)24(33)13-19;1-28-20-13-17-18(14-21(20)29-2)25-11-8-19(17)31-16-6-4-15(5-7-16)12-22(26)24(9-10-24)23(27)30-3;1-28-19-12-16-17(13-20(19)29-2)24-10-7-18(16)30-15-5-3-14(4-6-15)11-21(25)23(8-9-23)22(26)27;1-2/h4-10,13-14,17-18H,11-12,15-16H2,1-3H3;3-9,12-13,16-17,33H,10-11,14-15H2,1-2H3;4-8,11,13-14H,9-10,12H2,1-3H3;3-7,10,12-13H,8-9,11H2,1-2H3,(H,26,27);2H,1H3. The van der Waals surface area contributed by atoms with Crippen molar-refractivity contribution in [2.45, 2.75) is 96.8 Å². The molecule has 4 aromatic heterocycles. The number of rotatable bonds is 36. The maximum Gasteiger partial charge on any atom is 0.319 e. The number of aromatic hydroxyl groups is 1. The lowest BCUT2D eigenvalue weighted by molar-refractivity contribution is -0.151. The first-order chi connectivity index (χ1) is 67.1. The molecule has 30 heteroatoms. The van der Waals surface area contributed by atoms with Crippen molar-refractivity contribution in [3.05, 3.63) is 282 Å². The number of carboxylic acid groups (broad SMARTS) is 1. The number of phenols is 1. The largest absolute Gasteiger partial charge is 0.505 e. The van der Waals surface area contributed by atoms with Crippen LogP contribution in [0.4, 0.5) is 8.78 Å². The molecule has 716 valence electrons. The van der Waals surface area contributed by atoms with Crippen LogP contribution in [0.25, 0.3) is 43.6 Å². The second kappa shape index (κ2) is 43.4. The van der Waals surface area contributed by atoms with E-state index < -0.39 is 45.2 Å². The summed E-state index contributed by atoms with van der Waals surface area (Å²) in [4.78, 5) is 118. The molecule has 0 amide bonds. The Balaban J connectivity index is 0.000000148. The van der Waals surface area contributed by atoms with Crippen molar-refractivity contribution in [2.75, 3.05) is 71.1 Å². The Morgan fingerprint density at radius 1 is 0.288 bits per heavy atom. The van der Waals surface area contributed by atoms with Crippen LogP contribution in [0.2, 0.25) is 0 Å². The van der Waals surface area contributed by atoms with Gasteiger partial charge in [-0.15, -0.1) is 0 Å². The number of fused-ring (bicyclic) bond motifs is 4. The number of aliphatic hydroxyl groups excluding tert-OH is 1. The Kier molecular flexibility index (Phi) is 30.9.